The van der Waals surface area contributed by atoms with Crippen LogP contribution >= 0.6 is 0 Å². The molecule has 0 spiro atoms. The SMILES string of the molecule is C=C[C@@]1(C)CC(=O)[C@]2(O)[C@@]3(C)[C@@H](O[Si](C)(C)C(C)(C)C)CCC(C)(C)[C@@H]3[C@H](O)[C@H](OCC3CO3)[C@@]2(C)O1. The zero-order valence-corrected chi connectivity index (χ0v) is 25.6. The maximum Gasteiger partial charge on any atom is 0.192 e. The lowest BCUT2D eigenvalue weighted by molar-refractivity contribution is -0.374. The van der Waals surface area contributed by atoms with Crippen molar-refractivity contribution in [2.45, 2.75) is 134 Å². The standard InChI is InChI=1S/C29H50O7Si/c1-12-26(7)15-19(30)29(32)27(8)20(35-37(10,11)24(2,3)4)13-14-25(5,6)22(27)21(31)23(28(29,9)36-26)34-17-18-16-33-18/h12,18,20-23,31-32H,1,13-17H2,2-11H3/t18?,20-,21-,22-,23-,26-,27-,28+,29-/m0/s1. The number of carbonyl (C=O) groups is 1. The molecule has 212 valence electrons. The van der Waals surface area contributed by atoms with Gasteiger partial charge in [0.15, 0.2) is 19.7 Å². The highest BCUT2D eigenvalue weighted by Gasteiger charge is 2.81. The molecule has 8 heteroatoms. The van der Waals surface area contributed by atoms with Gasteiger partial charge in [0.05, 0.1) is 31.0 Å². The largest absolute Gasteiger partial charge is 0.413 e. The molecule has 0 aromatic carbocycles. The predicted octanol–water partition coefficient (Wildman–Crippen LogP) is 4.40. The Kier molecular flexibility index (Phi) is 6.90. The molecule has 4 fully saturated rings. The third-order valence-electron chi connectivity index (χ3n) is 10.8. The highest BCUT2D eigenvalue weighted by atomic mass is 28.4. The Morgan fingerprint density at radius 3 is 2.30 bits per heavy atom. The van der Waals surface area contributed by atoms with Crippen molar-refractivity contribution in [3.05, 3.63) is 12.7 Å². The van der Waals surface area contributed by atoms with E-state index >= 15 is 0 Å². The van der Waals surface area contributed by atoms with Crippen LogP contribution in [0.1, 0.15) is 74.7 Å². The van der Waals surface area contributed by atoms with Gasteiger partial charge in [-0.3, -0.25) is 4.79 Å². The van der Waals surface area contributed by atoms with E-state index in [1.165, 1.54) is 0 Å². The molecule has 0 aromatic rings. The minimum Gasteiger partial charge on any atom is -0.413 e. The summed E-state index contributed by atoms with van der Waals surface area (Å²) in [6.45, 7) is 25.5. The van der Waals surface area contributed by atoms with E-state index in [4.69, 9.17) is 18.6 Å². The van der Waals surface area contributed by atoms with Crippen molar-refractivity contribution in [1.82, 2.24) is 0 Å². The average Bonchev–Trinajstić information content (AvgIpc) is 3.56. The molecule has 2 N–H and O–H groups in total. The highest BCUT2D eigenvalue weighted by molar-refractivity contribution is 6.74. The average molecular weight is 539 g/mol. The normalized spacial score (nSPS) is 47.7. The van der Waals surface area contributed by atoms with Crippen LogP contribution < -0.4 is 0 Å². The zero-order chi connectivity index (χ0) is 28.0. The smallest absolute Gasteiger partial charge is 0.192 e. The van der Waals surface area contributed by atoms with Crippen LogP contribution in [0.25, 0.3) is 0 Å². The fourth-order valence-corrected chi connectivity index (χ4v) is 9.05. The van der Waals surface area contributed by atoms with Crippen molar-refractivity contribution in [3.8, 4) is 0 Å². The number of ether oxygens (including phenoxy) is 3. The molecule has 9 atom stereocenters. The van der Waals surface area contributed by atoms with Crippen LogP contribution in [0.2, 0.25) is 18.1 Å². The highest BCUT2D eigenvalue weighted by Crippen LogP contribution is 2.68. The second-order valence-electron chi connectivity index (χ2n) is 14.9. The number of ketones is 1. The monoisotopic (exact) mass is 538 g/mol. The minimum atomic E-state index is -2.30. The van der Waals surface area contributed by atoms with E-state index in [1.54, 1.807) is 19.9 Å². The Balaban J connectivity index is 1.92. The molecule has 1 unspecified atom stereocenters. The summed E-state index contributed by atoms with van der Waals surface area (Å²) in [7, 11) is -2.30. The molecule has 4 aliphatic rings. The molecule has 2 saturated carbocycles. The Morgan fingerprint density at radius 2 is 1.78 bits per heavy atom. The molecule has 7 nitrogen and oxygen atoms in total. The number of hydrogen-bond donors (Lipinski definition) is 2. The Hall–Kier alpha value is -0.613. The first-order valence-electron chi connectivity index (χ1n) is 13.9. The lowest BCUT2D eigenvalue weighted by Gasteiger charge is -2.72. The van der Waals surface area contributed by atoms with E-state index in [2.05, 4.69) is 54.3 Å². The van der Waals surface area contributed by atoms with Crippen LogP contribution in [0, 0.1) is 16.7 Å². The van der Waals surface area contributed by atoms with Crippen molar-refractivity contribution in [2.75, 3.05) is 13.2 Å². The Labute approximate surface area is 224 Å². The lowest BCUT2D eigenvalue weighted by atomic mass is 9.40. The first-order chi connectivity index (χ1) is 16.7. The molecule has 2 heterocycles. The quantitative estimate of drug-likeness (QED) is 0.294. The fraction of sp³-hybridized carbons (Fsp3) is 0.897. The van der Waals surface area contributed by atoms with Gasteiger partial charge in [0.25, 0.3) is 0 Å². The van der Waals surface area contributed by atoms with E-state index in [9.17, 15) is 15.0 Å². The number of aliphatic hydroxyl groups excluding tert-OH is 1. The second kappa shape index (κ2) is 8.69. The maximum absolute atomic E-state index is 14.3. The van der Waals surface area contributed by atoms with Gasteiger partial charge in [-0.25, -0.2) is 0 Å². The third kappa shape index (κ3) is 4.16. The summed E-state index contributed by atoms with van der Waals surface area (Å²) in [5, 5.41) is 25.1. The molecule has 0 radical (unpaired) electrons. The summed E-state index contributed by atoms with van der Waals surface area (Å²) in [5.74, 6) is -0.770. The van der Waals surface area contributed by atoms with Gasteiger partial charge in [0.1, 0.15) is 17.8 Å². The molecule has 0 bridgehead atoms. The Morgan fingerprint density at radius 1 is 1.19 bits per heavy atom. The van der Waals surface area contributed by atoms with Gasteiger partial charge in [-0.1, -0.05) is 47.6 Å². The molecule has 37 heavy (non-hydrogen) atoms. The minimum absolute atomic E-state index is 0.00725. The third-order valence-corrected chi connectivity index (χ3v) is 15.3. The van der Waals surface area contributed by atoms with Crippen molar-refractivity contribution in [2.24, 2.45) is 16.7 Å². The first kappa shape index (κ1) is 29.4. The van der Waals surface area contributed by atoms with E-state index in [0.29, 0.717) is 13.0 Å². The van der Waals surface area contributed by atoms with E-state index in [1.807, 2.05) is 6.92 Å². The van der Waals surface area contributed by atoms with E-state index in [0.717, 1.165) is 6.42 Å². The number of hydrogen-bond acceptors (Lipinski definition) is 7. The van der Waals surface area contributed by atoms with Crippen LogP contribution in [0.5, 0.6) is 0 Å². The topological polar surface area (TPSA) is 97.8 Å². The van der Waals surface area contributed by atoms with Crippen molar-refractivity contribution >= 4 is 14.1 Å². The molecule has 2 aliphatic heterocycles. The van der Waals surface area contributed by atoms with Gasteiger partial charge in [0, 0.05) is 17.8 Å². The summed E-state index contributed by atoms with van der Waals surface area (Å²) < 4.78 is 25.5. The summed E-state index contributed by atoms with van der Waals surface area (Å²) in [6, 6.07) is 0. The predicted molar refractivity (Wildman–Crippen MR) is 145 cm³/mol. The molecule has 0 amide bonds. The zero-order valence-electron chi connectivity index (χ0n) is 24.6. The fourth-order valence-electron chi connectivity index (χ4n) is 7.62. The van der Waals surface area contributed by atoms with Crippen LogP contribution in [-0.2, 0) is 23.4 Å². The molecule has 4 rings (SSSR count). The molecular weight excluding hydrogens is 488 g/mol. The van der Waals surface area contributed by atoms with Crippen LogP contribution in [0.4, 0.5) is 0 Å². The number of Topliss-reactive ketones (excluding diaryl/α,β-unsaturated/α-hetero) is 1. The molecule has 2 saturated heterocycles. The molecular formula is C29H50O7Si. The van der Waals surface area contributed by atoms with Gasteiger partial charge in [-0.05, 0) is 50.2 Å². The van der Waals surface area contributed by atoms with E-state index < -0.39 is 54.8 Å². The number of aliphatic hydroxyl groups is 2. The van der Waals surface area contributed by atoms with Gasteiger partial charge < -0.3 is 28.8 Å². The number of fused-ring (bicyclic) bond motifs is 3. The molecule has 2 aliphatic carbocycles. The number of rotatable bonds is 6. The summed E-state index contributed by atoms with van der Waals surface area (Å²) in [5.41, 5.74) is -5.98. The van der Waals surface area contributed by atoms with Crippen molar-refractivity contribution in [3.63, 3.8) is 0 Å². The Bertz CT molecular complexity index is 939. The van der Waals surface area contributed by atoms with Gasteiger partial charge >= 0.3 is 0 Å². The van der Waals surface area contributed by atoms with E-state index in [-0.39, 0.29) is 35.4 Å². The second-order valence-corrected chi connectivity index (χ2v) is 19.6. The van der Waals surface area contributed by atoms with Gasteiger partial charge in [0.2, 0.25) is 0 Å². The van der Waals surface area contributed by atoms with Crippen LogP contribution in [0.15, 0.2) is 12.7 Å². The molecule has 0 aromatic heterocycles. The summed E-state index contributed by atoms with van der Waals surface area (Å²) in [6.07, 6.45) is 0.692. The maximum atomic E-state index is 14.3. The van der Waals surface area contributed by atoms with Gasteiger partial charge in [-0.2, -0.15) is 0 Å². The van der Waals surface area contributed by atoms with Crippen molar-refractivity contribution in [1.29, 1.82) is 0 Å². The lowest BCUT2D eigenvalue weighted by Crippen LogP contribution is -2.87. The summed E-state index contributed by atoms with van der Waals surface area (Å²) in [4.78, 5) is 14.3. The van der Waals surface area contributed by atoms with Gasteiger partial charge in [-0.15, -0.1) is 6.58 Å². The first-order valence-corrected chi connectivity index (χ1v) is 16.8. The summed E-state index contributed by atoms with van der Waals surface area (Å²) >= 11 is 0. The number of carbonyl (C=O) groups excluding carboxylic acids is 1. The number of epoxide rings is 1. The van der Waals surface area contributed by atoms with Crippen LogP contribution in [-0.4, -0.2) is 78.7 Å². The van der Waals surface area contributed by atoms with Crippen molar-refractivity contribution < 1.29 is 33.6 Å². The van der Waals surface area contributed by atoms with Crippen LogP contribution in [0.3, 0.4) is 0 Å².